The lowest BCUT2D eigenvalue weighted by Crippen LogP contribution is -1.96. The normalized spacial score (nSPS) is 10.8. The van der Waals surface area contributed by atoms with E-state index in [4.69, 9.17) is 4.52 Å². The Labute approximate surface area is 88.1 Å². The zero-order valence-corrected chi connectivity index (χ0v) is 8.97. The van der Waals surface area contributed by atoms with Gasteiger partial charge < -0.3 is 4.52 Å². The summed E-state index contributed by atoms with van der Waals surface area (Å²) in [4.78, 5) is 4.21. The van der Waals surface area contributed by atoms with Gasteiger partial charge in [0.2, 0.25) is 0 Å². The summed E-state index contributed by atoms with van der Waals surface area (Å²) in [5, 5.41) is 8.18. The first-order valence-electron chi connectivity index (χ1n) is 5.14. The average Bonchev–Trinajstić information content (AvgIpc) is 2.83. The fourth-order valence-electron chi connectivity index (χ4n) is 1.32. The van der Waals surface area contributed by atoms with E-state index in [1.807, 2.05) is 13.0 Å². The number of nitrogens with zero attached hydrogens (tertiary/aromatic N) is 4. The number of hydrogen-bond acceptors (Lipinski definition) is 4. The Hall–Kier alpha value is -1.65. The molecule has 5 nitrogen and oxygen atoms in total. The minimum absolute atomic E-state index is 0.683. The molecular formula is C10H14N4O. The Balaban J connectivity index is 2.13. The van der Waals surface area contributed by atoms with Crippen molar-refractivity contribution in [3.63, 3.8) is 0 Å². The van der Waals surface area contributed by atoms with Crippen molar-refractivity contribution in [3.05, 3.63) is 24.0 Å². The molecule has 0 aliphatic heterocycles. The molecule has 0 unspecified atom stereocenters. The lowest BCUT2D eigenvalue weighted by molar-refractivity contribution is 0.393. The van der Waals surface area contributed by atoms with Crippen molar-refractivity contribution in [2.75, 3.05) is 0 Å². The summed E-state index contributed by atoms with van der Waals surface area (Å²) in [6.45, 7) is 4.00. The van der Waals surface area contributed by atoms with Crippen molar-refractivity contribution in [2.24, 2.45) is 0 Å². The van der Waals surface area contributed by atoms with Crippen LogP contribution in [0.15, 0.2) is 16.9 Å². The van der Waals surface area contributed by atoms with Gasteiger partial charge >= 0.3 is 0 Å². The van der Waals surface area contributed by atoms with Crippen LogP contribution < -0.4 is 0 Å². The monoisotopic (exact) mass is 206 g/mol. The van der Waals surface area contributed by atoms with Gasteiger partial charge in [0.25, 0.3) is 0 Å². The highest BCUT2D eigenvalue weighted by molar-refractivity contribution is 5.19. The molecule has 0 fully saturated rings. The summed E-state index contributed by atoms with van der Waals surface area (Å²) in [6, 6.07) is 1.83. The number of aryl methyl sites for hydroxylation is 2. The maximum atomic E-state index is 4.97. The van der Waals surface area contributed by atoms with Crippen LogP contribution in [-0.2, 0) is 6.42 Å². The number of rotatable bonds is 4. The fraction of sp³-hybridized carbons (Fsp3) is 0.500. The second-order valence-corrected chi connectivity index (χ2v) is 3.50. The quantitative estimate of drug-likeness (QED) is 0.766. The van der Waals surface area contributed by atoms with Crippen LogP contribution in [-0.4, -0.2) is 19.9 Å². The number of unbranched alkanes of at least 4 members (excludes halogenated alkanes) is 1. The van der Waals surface area contributed by atoms with Crippen LogP contribution in [0.5, 0.6) is 0 Å². The van der Waals surface area contributed by atoms with Crippen LogP contribution in [0, 0.1) is 6.92 Å². The second kappa shape index (κ2) is 4.25. The molecule has 2 heterocycles. The van der Waals surface area contributed by atoms with Gasteiger partial charge in [0.15, 0.2) is 11.6 Å². The van der Waals surface area contributed by atoms with Crippen molar-refractivity contribution in [3.8, 4) is 5.82 Å². The molecule has 0 spiro atoms. The summed E-state index contributed by atoms with van der Waals surface area (Å²) < 4.78 is 6.61. The molecule has 0 aliphatic carbocycles. The van der Waals surface area contributed by atoms with Gasteiger partial charge in [0, 0.05) is 12.5 Å². The van der Waals surface area contributed by atoms with Gasteiger partial charge in [-0.1, -0.05) is 18.5 Å². The molecule has 0 radical (unpaired) electrons. The zero-order valence-electron chi connectivity index (χ0n) is 8.97. The highest BCUT2D eigenvalue weighted by atomic mass is 16.5. The Morgan fingerprint density at radius 2 is 2.33 bits per heavy atom. The van der Waals surface area contributed by atoms with Crippen molar-refractivity contribution in [1.29, 1.82) is 0 Å². The van der Waals surface area contributed by atoms with E-state index in [2.05, 4.69) is 22.2 Å². The van der Waals surface area contributed by atoms with E-state index in [9.17, 15) is 0 Å². The van der Waals surface area contributed by atoms with E-state index in [0.717, 1.165) is 30.8 Å². The molecular weight excluding hydrogens is 192 g/mol. The molecule has 0 aromatic carbocycles. The zero-order chi connectivity index (χ0) is 10.7. The third kappa shape index (κ3) is 2.23. The summed E-state index contributed by atoms with van der Waals surface area (Å²) in [5.74, 6) is 2.32. The van der Waals surface area contributed by atoms with Gasteiger partial charge in [-0.2, -0.15) is 4.68 Å². The van der Waals surface area contributed by atoms with Crippen LogP contribution in [0.2, 0.25) is 0 Å². The first-order valence-corrected chi connectivity index (χ1v) is 5.14. The number of hydrogen-bond donors (Lipinski definition) is 0. The predicted octanol–water partition coefficient (Wildman–Crippen LogP) is 1.91. The van der Waals surface area contributed by atoms with Gasteiger partial charge in [0.1, 0.15) is 12.1 Å². The first-order chi connectivity index (χ1) is 7.29. The molecule has 0 bridgehead atoms. The first kappa shape index (κ1) is 9.89. The lowest BCUT2D eigenvalue weighted by atomic mass is 10.2. The SMILES string of the molecule is CCCCc1ncn(-c2cc(C)on2)n1. The Bertz CT molecular complexity index is 432. The highest BCUT2D eigenvalue weighted by Gasteiger charge is 2.05. The highest BCUT2D eigenvalue weighted by Crippen LogP contribution is 2.07. The minimum atomic E-state index is 0.683. The van der Waals surface area contributed by atoms with E-state index in [1.54, 1.807) is 11.0 Å². The van der Waals surface area contributed by atoms with E-state index in [-0.39, 0.29) is 0 Å². The Morgan fingerprint density at radius 3 is 3.00 bits per heavy atom. The topological polar surface area (TPSA) is 56.7 Å². The summed E-state index contributed by atoms with van der Waals surface area (Å²) in [7, 11) is 0. The van der Waals surface area contributed by atoms with Gasteiger partial charge in [0.05, 0.1) is 0 Å². The van der Waals surface area contributed by atoms with E-state index < -0.39 is 0 Å². The fourth-order valence-corrected chi connectivity index (χ4v) is 1.32. The van der Waals surface area contributed by atoms with Gasteiger partial charge in [-0.3, -0.25) is 0 Å². The summed E-state index contributed by atoms with van der Waals surface area (Å²) in [5.41, 5.74) is 0. The molecule has 2 aromatic heterocycles. The van der Waals surface area contributed by atoms with Gasteiger partial charge in [-0.25, -0.2) is 4.98 Å². The molecule has 0 saturated carbocycles. The molecule has 15 heavy (non-hydrogen) atoms. The molecule has 0 saturated heterocycles. The number of aromatic nitrogens is 4. The van der Waals surface area contributed by atoms with Crippen molar-refractivity contribution in [2.45, 2.75) is 33.1 Å². The van der Waals surface area contributed by atoms with E-state index >= 15 is 0 Å². The van der Waals surface area contributed by atoms with Crippen LogP contribution in [0.1, 0.15) is 31.4 Å². The average molecular weight is 206 g/mol. The Morgan fingerprint density at radius 1 is 1.47 bits per heavy atom. The predicted molar refractivity (Wildman–Crippen MR) is 54.8 cm³/mol. The standard InChI is InChI=1S/C10H14N4O/c1-3-4-5-9-11-7-14(12-9)10-6-8(2)15-13-10/h6-7H,3-5H2,1-2H3. The maximum Gasteiger partial charge on any atom is 0.198 e. The molecule has 2 aromatic rings. The smallest absolute Gasteiger partial charge is 0.198 e. The van der Waals surface area contributed by atoms with Crippen LogP contribution in [0.4, 0.5) is 0 Å². The summed E-state index contributed by atoms with van der Waals surface area (Å²) >= 11 is 0. The molecule has 0 N–H and O–H groups in total. The lowest BCUT2D eigenvalue weighted by Gasteiger charge is -1.91. The molecule has 80 valence electrons. The second-order valence-electron chi connectivity index (χ2n) is 3.50. The molecule has 0 aliphatic rings. The van der Waals surface area contributed by atoms with E-state index in [1.165, 1.54) is 0 Å². The third-order valence-electron chi connectivity index (χ3n) is 2.14. The van der Waals surface area contributed by atoms with Crippen molar-refractivity contribution >= 4 is 0 Å². The third-order valence-corrected chi connectivity index (χ3v) is 2.14. The van der Waals surface area contributed by atoms with Gasteiger partial charge in [-0.15, -0.1) is 5.10 Å². The molecule has 0 amide bonds. The van der Waals surface area contributed by atoms with Crippen molar-refractivity contribution in [1.82, 2.24) is 19.9 Å². The largest absolute Gasteiger partial charge is 0.359 e. The van der Waals surface area contributed by atoms with Crippen LogP contribution >= 0.6 is 0 Å². The van der Waals surface area contributed by atoms with Gasteiger partial charge in [-0.05, 0) is 13.3 Å². The summed E-state index contributed by atoms with van der Waals surface area (Å²) in [6.07, 6.45) is 4.85. The molecule has 5 heteroatoms. The van der Waals surface area contributed by atoms with E-state index in [0.29, 0.717) is 5.82 Å². The molecule has 0 atom stereocenters. The Kier molecular flexibility index (Phi) is 2.80. The maximum absolute atomic E-state index is 4.97. The molecule has 2 rings (SSSR count). The van der Waals surface area contributed by atoms with Crippen LogP contribution in [0.25, 0.3) is 5.82 Å². The minimum Gasteiger partial charge on any atom is -0.359 e. The van der Waals surface area contributed by atoms with Crippen LogP contribution in [0.3, 0.4) is 0 Å². The van der Waals surface area contributed by atoms with Crippen molar-refractivity contribution < 1.29 is 4.52 Å².